The molecule has 7 atom stereocenters. The number of hydrogen-bond donors (Lipinski definition) is 1. The summed E-state index contributed by atoms with van der Waals surface area (Å²) in [6, 6.07) is 10.1. The van der Waals surface area contributed by atoms with E-state index < -0.39 is 0 Å². The van der Waals surface area contributed by atoms with Crippen LogP contribution in [0.25, 0.3) is 0 Å². The molecular formula is C28H36N2O2. The first-order chi connectivity index (χ1) is 15.4. The van der Waals surface area contributed by atoms with Gasteiger partial charge in [-0.25, -0.2) is 0 Å². The molecule has 1 aliphatic heterocycles. The molecule has 3 fully saturated rings. The smallest absolute Gasteiger partial charge is 0.246 e. The molecule has 3 aliphatic carbocycles. The highest BCUT2D eigenvalue weighted by Crippen LogP contribution is 2.65. The zero-order chi connectivity index (χ0) is 22.5. The Morgan fingerprint density at radius 3 is 2.66 bits per heavy atom. The van der Waals surface area contributed by atoms with Crippen molar-refractivity contribution in [2.45, 2.75) is 58.4 Å². The average molecular weight is 433 g/mol. The van der Waals surface area contributed by atoms with Crippen LogP contribution in [0.1, 0.15) is 52.4 Å². The summed E-state index contributed by atoms with van der Waals surface area (Å²) in [5.74, 6) is 2.20. The van der Waals surface area contributed by atoms with Crippen LogP contribution in [-0.4, -0.2) is 29.3 Å². The second-order valence-corrected chi connectivity index (χ2v) is 11.0. The quantitative estimate of drug-likeness (QED) is 0.644. The number of benzene rings is 1. The van der Waals surface area contributed by atoms with Crippen molar-refractivity contribution in [3.63, 3.8) is 0 Å². The second-order valence-electron chi connectivity index (χ2n) is 11.0. The van der Waals surface area contributed by atoms with Gasteiger partial charge in [0, 0.05) is 29.6 Å². The van der Waals surface area contributed by atoms with Crippen molar-refractivity contribution in [3.05, 3.63) is 55.1 Å². The van der Waals surface area contributed by atoms with E-state index in [0.29, 0.717) is 24.3 Å². The van der Waals surface area contributed by atoms with Gasteiger partial charge in [-0.3, -0.25) is 9.59 Å². The van der Waals surface area contributed by atoms with Crippen LogP contribution >= 0.6 is 0 Å². The van der Waals surface area contributed by atoms with E-state index in [4.69, 9.17) is 0 Å². The fourth-order valence-corrected chi connectivity index (χ4v) is 8.14. The number of para-hydroxylation sites is 1. The van der Waals surface area contributed by atoms with Gasteiger partial charge in [0.15, 0.2) is 0 Å². The van der Waals surface area contributed by atoms with Gasteiger partial charge in [0.2, 0.25) is 11.8 Å². The van der Waals surface area contributed by atoms with Crippen molar-refractivity contribution >= 4 is 17.5 Å². The number of nitrogens with zero attached hydrogens (tertiary/aromatic N) is 1. The summed E-state index contributed by atoms with van der Waals surface area (Å²) in [6.07, 6.45) is 12.5. The molecule has 1 N–H and O–H groups in total. The molecule has 4 heteroatoms. The first kappa shape index (κ1) is 21.5. The lowest BCUT2D eigenvalue weighted by Gasteiger charge is -2.60. The van der Waals surface area contributed by atoms with E-state index in [1.807, 2.05) is 41.3 Å². The van der Waals surface area contributed by atoms with Gasteiger partial charge in [0.25, 0.3) is 0 Å². The van der Waals surface area contributed by atoms with Gasteiger partial charge in [0.1, 0.15) is 0 Å². The molecule has 0 radical (unpaired) electrons. The van der Waals surface area contributed by atoms with Crippen LogP contribution in [0.15, 0.2) is 55.1 Å². The fourth-order valence-electron chi connectivity index (χ4n) is 8.14. The van der Waals surface area contributed by atoms with Crippen LogP contribution < -0.4 is 5.32 Å². The highest BCUT2D eigenvalue weighted by atomic mass is 16.2. The molecule has 1 aromatic rings. The zero-order valence-electron chi connectivity index (χ0n) is 19.4. The van der Waals surface area contributed by atoms with Crippen molar-refractivity contribution < 1.29 is 9.59 Å². The maximum atomic E-state index is 13.3. The van der Waals surface area contributed by atoms with Crippen molar-refractivity contribution in [2.75, 3.05) is 11.9 Å². The van der Waals surface area contributed by atoms with Gasteiger partial charge in [-0.05, 0) is 79.9 Å². The third-order valence-corrected chi connectivity index (χ3v) is 9.66. The summed E-state index contributed by atoms with van der Waals surface area (Å²) in [5.41, 5.74) is 0.981. The minimum Gasteiger partial charge on any atom is -0.332 e. The van der Waals surface area contributed by atoms with Crippen molar-refractivity contribution in [1.82, 2.24) is 4.90 Å². The molecule has 4 nitrogen and oxygen atoms in total. The van der Waals surface area contributed by atoms with Gasteiger partial charge in [-0.15, -0.1) is 6.58 Å². The van der Waals surface area contributed by atoms with Crippen LogP contribution in [0.4, 0.5) is 5.69 Å². The van der Waals surface area contributed by atoms with E-state index in [0.717, 1.165) is 44.2 Å². The van der Waals surface area contributed by atoms with Gasteiger partial charge >= 0.3 is 0 Å². The van der Waals surface area contributed by atoms with E-state index >= 15 is 0 Å². The molecule has 3 saturated carbocycles. The largest absolute Gasteiger partial charge is 0.332 e. The van der Waals surface area contributed by atoms with E-state index in [-0.39, 0.29) is 34.6 Å². The van der Waals surface area contributed by atoms with Crippen LogP contribution in [0.3, 0.4) is 0 Å². The van der Waals surface area contributed by atoms with E-state index in [2.05, 4.69) is 31.8 Å². The number of rotatable bonds is 4. The van der Waals surface area contributed by atoms with Crippen molar-refractivity contribution in [3.8, 4) is 0 Å². The fraction of sp³-hybridized carbons (Fsp3) is 0.571. The van der Waals surface area contributed by atoms with Gasteiger partial charge in [0.05, 0.1) is 0 Å². The summed E-state index contributed by atoms with van der Waals surface area (Å²) in [7, 11) is 0. The van der Waals surface area contributed by atoms with Gasteiger partial charge < -0.3 is 10.2 Å². The Morgan fingerprint density at radius 1 is 1.12 bits per heavy atom. The first-order valence-electron chi connectivity index (χ1n) is 12.3. The Labute approximate surface area is 192 Å². The van der Waals surface area contributed by atoms with Crippen LogP contribution in [0.5, 0.6) is 0 Å². The maximum absolute atomic E-state index is 13.3. The minimum atomic E-state index is 0.0194. The molecule has 0 aromatic heterocycles. The van der Waals surface area contributed by atoms with Crippen LogP contribution in [0, 0.1) is 34.5 Å². The summed E-state index contributed by atoms with van der Waals surface area (Å²) < 4.78 is 0. The van der Waals surface area contributed by atoms with Crippen LogP contribution in [0.2, 0.25) is 0 Å². The summed E-state index contributed by atoms with van der Waals surface area (Å²) in [4.78, 5) is 27.9. The molecule has 2 unspecified atom stereocenters. The highest BCUT2D eigenvalue weighted by Gasteiger charge is 2.61. The highest BCUT2D eigenvalue weighted by molar-refractivity contribution is 5.93. The molecule has 0 saturated heterocycles. The number of amides is 2. The molecule has 32 heavy (non-hydrogen) atoms. The summed E-state index contributed by atoms with van der Waals surface area (Å²) in [5, 5.41) is 3.19. The molecule has 1 heterocycles. The Hall–Kier alpha value is -2.36. The molecular weight excluding hydrogens is 396 g/mol. The predicted molar refractivity (Wildman–Crippen MR) is 128 cm³/mol. The Morgan fingerprint density at radius 2 is 1.91 bits per heavy atom. The lowest BCUT2D eigenvalue weighted by molar-refractivity contribution is -0.142. The molecule has 170 valence electrons. The average Bonchev–Trinajstić information content (AvgIpc) is 3.14. The minimum absolute atomic E-state index is 0.0194. The standard InChI is InChI=1S/C28H36N2O2/c1-4-18-30-24-13-10-20-21-11-12-23(26(32)29-19-8-6-5-7-9-19)27(21,2)16-14-22(20)28(24,3)17-15-25(30)31/h4-9,15,17,20-24H,1,10-14,16,18H2,2-3H3,(H,29,32)/t20-,21-,22+,23?,24?,27-,28+/m0/s1. The number of hydrogen-bond acceptors (Lipinski definition) is 2. The van der Waals surface area contributed by atoms with E-state index in [1.54, 1.807) is 6.08 Å². The third-order valence-electron chi connectivity index (χ3n) is 9.66. The number of anilines is 1. The molecule has 0 spiro atoms. The maximum Gasteiger partial charge on any atom is 0.246 e. The van der Waals surface area contributed by atoms with E-state index in [9.17, 15) is 9.59 Å². The van der Waals surface area contributed by atoms with Gasteiger partial charge in [-0.2, -0.15) is 0 Å². The Bertz CT molecular complexity index is 940. The number of fused-ring (bicyclic) bond motifs is 5. The second kappa shape index (κ2) is 7.90. The monoisotopic (exact) mass is 432 g/mol. The zero-order valence-corrected chi connectivity index (χ0v) is 19.4. The molecule has 5 rings (SSSR count). The predicted octanol–water partition coefficient (Wildman–Crippen LogP) is 5.44. The molecule has 2 amide bonds. The topological polar surface area (TPSA) is 49.4 Å². The lowest BCUT2D eigenvalue weighted by atomic mass is 9.47. The van der Waals surface area contributed by atoms with Crippen molar-refractivity contribution in [2.24, 2.45) is 34.5 Å². The number of carbonyl (C=O) groups excluding carboxylic acids is 2. The normalized spacial score (nSPS) is 40.2. The summed E-state index contributed by atoms with van der Waals surface area (Å²) in [6.45, 7) is 9.27. The molecule has 4 aliphatic rings. The SMILES string of the molecule is C=CCN1C(=O)C=C[C@@]2(C)C1CC[C@@H]1[C@H]2CC[C@]2(C)C(C(=O)Nc3ccccc3)CC[C@@H]12. The first-order valence-corrected chi connectivity index (χ1v) is 12.3. The molecule has 1 aromatic carbocycles. The Balaban J connectivity index is 1.38. The third kappa shape index (κ3) is 3.17. The van der Waals surface area contributed by atoms with Crippen molar-refractivity contribution in [1.29, 1.82) is 0 Å². The number of carbonyl (C=O) groups is 2. The lowest BCUT2D eigenvalue weighted by Crippen LogP contribution is -2.60. The molecule has 0 bridgehead atoms. The van der Waals surface area contributed by atoms with Crippen LogP contribution in [-0.2, 0) is 9.59 Å². The summed E-state index contributed by atoms with van der Waals surface area (Å²) >= 11 is 0. The van der Waals surface area contributed by atoms with Gasteiger partial charge in [-0.1, -0.05) is 44.2 Å². The Kier molecular flexibility index (Phi) is 5.30. The number of nitrogens with one attached hydrogen (secondary N) is 1. The van der Waals surface area contributed by atoms with E-state index in [1.165, 1.54) is 0 Å².